The highest BCUT2D eigenvalue weighted by atomic mass is 32.2. The van der Waals surface area contributed by atoms with Crippen LogP contribution < -0.4 is 15.8 Å². The lowest BCUT2D eigenvalue weighted by Gasteiger charge is -2.21. The van der Waals surface area contributed by atoms with Gasteiger partial charge >= 0.3 is 0 Å². The summed E-state index contributed by atoms with van der Waals surface area (Å²) in [5.74, 6) is 1.35. The van der Waals surface area contributed by atoms with Crippen LogP contribution in [0.3, 0.4) is 0 Å². The Kier molecular flexibility index (Phi) is 9.69. The van der Waals surface area contributed by atoms with E-state index in [1.165, 1.54) is 12.1 Å². The van der Waals surface area contributed by atoms with E-state index in [9.17, 15) is 8.42 Å². The average molecular weight is 413 g/mol. The Morgan fingerprint density at radius 3 is 2.61 bits per heavy atom. The van der Waals surface area contributed by atoms with Crippen molar-refractivity contribution in [1.29, 1.82) is 0 Å². The topological polar surface area (TPSA) is 115 Å². The summed E-state index contributed by atoms with van der Waals surface area (Å²) in [6, 6.07) is 6.43. The summed E-state index contributed by atoms with van der Waals surface area (Å²) in [7, 11) is -3.67. The van der Waals surface area contributed by atoms with Crippen LogP contribution in [0.25, 0.3) is 0 Å². The summed E-state index contributed by atoms with van der Waals surface area (Å²) < 4.78 is 33.7. The predicted octanol–water partition coefficient (Wildman–Crippen LogP) is 1.22. The van der Waals surface area contributed by atoms with E-state index < -0.39 is 10.0 Å². The fourth-order valence-corrected chi connectivity index (χ4v) is 3.36. The van der Waals surface area contributed by atoms with Crippen molar-refractivity contribution >= 4 is 16.0 Å². The second kappa shape index (κ2) is 12.0. The molecular weight excluding hydrogens is 380 g/mol. The first-order valence-electron chi connectivity index (χ1n) is 9.78. The maximum absolute atomic E-state index is 11.3. The van der Waals surface area contributed by atoms with Crippen molar-refractivity contribution in [3.05, 3.63) is 29.8 Å². The first-order valence-corrected chi connectivity index (χ1v) is 11.3. The number of nitrogens with zero attached hydrogens (tertiary/aromatic N) is 1. The summed E-state index contributed by atoms with van der Waals surface area (Å²) in [6.45, 7) is 7.21. The summed E-state index contributed by atoms with van der Waals surface area (Å²) >= 11 is 0. The van der Waals surface area contributed by atoms with Gasteiger partial charge in [0.2, 0.25) is 10.0 Å². The zero-order valence-corrected chi connectivity index (χ0v) is 17.3. The normalized spacial score (nSPS) is 16.1. The lowest BCUT2D eigenvalue weighted by Crippen LogP contribution is -2.38. The van der Waals surface area contributed by atoms with Gasteiger partial charge in [-0.3, -0.25) is 0 Å². The molecule has 1 aliphatic rings. The molecule has 0 aromatic heterocycles. The largest absolute Gasteiger partial charge is 0.381 e. The molecule has 1 saturated heterocycles. The van der Waals surface area contributed by atoms with E-state index in [4.69, 9.17) is 14.6 Å². The monoisotopic (exact) mass is 412 g/mol. The number of hydrogen-bond donors (Lipinski definition) is 3. The van der Waals surface area contributed by atoms with Crippen LogP contribution >= 0.6 is 0 Å². The lowest BCUT2D eigenvalue weighted by atomic mass is 10.0. The Morgan fingerprint density at radius 1 is 1.25 bits per heavy atom. The van der Waals surface area contributed by atoms with Gasteiger partial charge < -0.3 is 20.1 Å². The predicted molar refractivity (Wildman–Crippen MR) is 110 cm³/mol. The van der Waals surface area contributed by atoms with Crippen LogP contribution in [0, 0.1) is 5.92 Å². The molecule has 28 heavy (non-hydrogen) atoms. The van der Waals surface area contributed by atoms with Crippen LogP contribution in [0.5, 0.6) is 0 Å². The summed E-state index contributed by atoms with van der Waals surface area (Å²) in [5.41, 5.74) is 0.907. The highest BCUT2D eigenvalue weighted by Gasteiger charge is 2.13. The van der Waals surface area contributed by atoms with Crippen molar-refractivity contribution in [1.82, 2.24) is 10.6 Å². The minimum Gasteiger partial charge on any atom is -0.381 e. The Bertz CT molecular complexity index is 701. The van der Waals surface area contributed by atoms with E-state index in [1.54, 1.807) is 12.1 Å². The fraction of sp³-hybridized carbons (Fsp3) is 0.632. The van der Waals surface area contributed by atoms with E-state index in [-0.39, 0.29) is 4.90 Å². The molecule has 0 amide bonds. The summed E-state index contributed by atoms with van der Waals surface area (Å²) in [6.07, 6.45) is 3.08. The second-order valence-electron chi connectivity index (χ2n) is 6.80. The molecule has 158 valence electrons. The third-order valence-electron chi connectivity index (χ3n) is 4.47. The van der Waals surface area contributed by atoms with Gasteiger partial charge in [0.15, 0.2) is 5.96 Å². The van der Waals surface area contributed by atoms with E-state index in [1.807, 2.05) is 6.92 Å². The molecule has 1 aliphatic heterocycles. The van der Waals surface area contributed by atoms with Gasteiger partial charge in [-0.05, 0) is 49.8 Å². The maximum atomic E-state index is 11.3. The Labute approximate surface area is 167 Å². The Hall–Kier alpha value is -1.68. The van der Waals surface area contributed by atoms with Crippen LogP contribution in [-0.4, -0.2) is 53.9 Å². The van der Waals surface area contributed by atoms with Gasteiger partial charge in [-0.1, -0.05) is 12.1 Å². The third kappa shape index (κ3) is 8.55. The third-order valence-corrected chi connectivity index (χ3v) is 5.40. The van der Waals surface area contributed by atoms with Gasteiger partial charge in [-0.15, -0.1) is 0 Å². The summed E-state index contributed by atoms with van der Waals surface area (Å²) in [5, 5.41) is 11.6. The molecule has 4 N–H and O–H groups in total. The number of rotatable bonds is 10. The van der Waals surface area contributed by atoms with Crippen LogP contribution in [0.2, 0.25) is 0 Å². The number of guanidine groups is 1. The number of aliphatic imine (C=N–C) groups is 1. The van der Waals surface area contributed by atoms with Gasteiger partial charge in [0.25, 0.3) is 0 Å². The first kappa shape index (κ1) is 22.6. The SMILES string of the molecule is CCNC(=NCc1ccc(S(N)(=O)=O)cc1)NCCCOCC1CCOCC1. The number of sulfonamides is 1. The van der Waals surface area contributed by atoms with Crippen molar-refractivity contribution in [3.63, 3.8) is 0 Å². The lowest BCUT2D eigenvalue weighted by molar-refractivity contribution is 0.0203. The quantitative estimate of drug-likeness (QED) is 0.302. The molecule has 0 bridgehead atoms. The van der Waals surface area contributed by atoms with Crippen molar-refractivity contribution in [2.45, 2.75) is 37.6 Å². The average Bonchev–Trinajstić information content (AvgIpc) is 2.69. The number of nitrogens with two attached hydrogens (primary N) is 1. The molecule has 0 unspecified atom stereocenters. The molecular formula is C19H32N4O4S. The minimum atomic E-state index is -3.67. The van der Waals surface area contributed by atoms with Crippen molar-refractivity contribution in [2.75, 3.05) is 39.5 Å². The molecule has 1 aromatic rings. The van der Waals surface area contributed by atoms with Gasteiger partial charge in [0.1, 0.15) is 0 Å². The second-order valence-corrected chi connectivity index (χ2v) is 8.36. The van der Waals surface area contributed by atoms with E-state index >= 15 is 0 Å². The van der Waals surface area contributed by atoms with E-state index in [0.29, 0.717) is 12.5 Å². The van der Waals surface area contributed by atoms with Crippen molar-refractivity contribution < 1.29 is 17.9 Å². The molecule has 9 heteroatoms. The van der Waals surface area contributed by atoms with Gasteiger partial charge in [-0.25, -0.2) is 18.5 Å². The number of primary sulfonamides is 1. The molecule has 0 radical (unpaired) electrons. The zero-order valence-electron chi connectivity index (χ0n) is 16.5. The molecule has 0 atom stereocenters. The Morgan fingerprint density at radius 2 is 1.96 bits per heavy atom. The highest BCUT2D eigenvalue weighted by Crippen LogP contribution is 2.14. The number of ether oxygens (including phenoxy) is 2. The molecule has 8 nitrogen and oxygen atoms in total. The zero-order chi connectivity index (χ0) is 20.2. The highest BCUT2D eigenvalue weighted by molar-refractivity contribution is 7.89. The van der Waals surface area contributed by atoms with Gasteiger partial charge in [0, 0.05) is 39.5 Å². The van der Waals surface area contributed by atoms with E-state index in [0.717, 1.165) is 70.3 Å². The molecule has 2 rings (SSSR count). The van der Waals surface area contributed by atoms with Crippen LogP contribution in [-0.2, 0) is 26.0 Å². The molecule has 1 heterocycles. The standard InChI is InChI=1S/C19H32N4O4S/c1-2-21-19(22-10-3-11-27-15-17-8-12-26-13-9-17)23-14-16-4-6-18(7-5-16)28(20,24)25/h4-7,17H,2-3,8-15H2,1H3,(H2,20,24,25)(H2,21,22,23). The number of hydrogen-bond acceptors (Lipinski definition) is 5. The van der Waals surface area contributed by atoms with Crippen molar-refractivity contribution in [2.24, 2.45) is 16.0 Å². The van der Waals surface area contributed by atoms with Crippen molar-refractivity contribution in [3.8, 4) is 0 Å². The molecule has 0 saturated carbocycles. The molecule has 1 aromatic carbocycles. The summed E-state index contributed by atoms with van der Waals surface area (Å²) in [4.78, 5) is 4.63. The number of nitrogens with one attached hydrogen (secondary N) is 2. The van der Waals surface area contributed by atoms with Gasteiger partial charge in [0.05, 0.1) is 11.4 Å². The van der Waals surface area contributed by atoms with Crippen LogP contribution in [0.15, 0.2) is 34.2 Å². The van der Waals surface area contributed by atoms with E-state index in [2.05, 4.69) is 15.6 Å². The maximum Gasteiger partial charge on any atom is 0.238 e. The first-order chi connectivity index (χ1) is 13.5. The van der Waals surface area contributed by atoms with Crippen LogP contribution in [0.4, 0.5) is 0 Å². The van der Waals surface area contributed by atoms with Crippen LogP contribution in [0.1, 0.15) is 31.7 Å². The minimum absolute atomic E-state index is 0.103. The van der Waals surface area contributed by atoms with Gasteiger partial charge in [-0.2, -0.15) is 0 Å². The molecule has 0 spiro atoms. The smallest absolute Gasteiger partial charge is 0.238 e. The molecule has 1 fully saturated rings. The number of benzene rings is 1. The molecule has 0 aliphatic carbocycles. The Balaban J connectivity index is 1.69. The fourth-order valence-electron chi connectivity index (χ4n) is 2.84.